The van der Waals surface area contributed by atoms with Crippen LogP contribution in [0.15, 0.2) is 18.2 Å². The molecule has 1 aromatic rings. The first kappa shape index (κ1) is 9.23. The molecule has 0 aliphatic heterocycles. The Kier molecular flexibility index (Phi) is 2.84. The zero-order chi connectivity index (χ0) is 9.14. The van der Waals surface area contributed by atoms with Gasteiger partial charge in [0.2, 0.25) is 0 Å². The summed E-state index contributed by atoms with van der Waals surface area (Å²) in [4.78, 5) is 0. The summed E-state index contributed by atoms with van der Waals surface area (Å²) in [5.74, 6) is 0. The lowest BCUT2D eigenvalue weighted by Gasteiger charge is -2.13. The third-order valence-corrected chi connectivity index (χ3v) is 2.07. The molecule has 0 aromatic heterocycles. The van der Waals surface area contributed by atoms with Gasteiger partial charge in [-0.2, -0.15) is 0 Å². The van der Waals surface area contributed by atoms with Crippen molar-refractivity contribution in [1.82, 2.24) is 5.32 Å². The van der Waals surface area contributed by atoms with Crippen molar-refractivity contribution in [3.63, 3.8) is 0 Å². The van der Waals surface area contributed by atoms with Crippen molar-refractivity contribution in [2.75, 3.05) is 7.05 Å². The molecule has 2 heteroatoms. The summed E-state index contributed by atoms with van der Waals surface area (Å²) in [5, 5.41) is 3.02. The molecule has 66 valence electrons. The summed E-state index contributed by atoms with van der Waals surface area (Å²) in [7, 11) is 1.87. The number of aryl methyl sites for hydroxylation is 2. The van der Waals surface area contributed by atoms with Gasteiger partial charge in [0, 0.05) is 0 Å². The van der Waals surface area contributed by atoms with Crippen molar-refractivity contribution < 1.29 is 0 Å². The monoisotopic (exact) mass is 164 g/mol. The molecule has 0 saturated carbocycles. The Morgan fingerprint density at radius 2 is 2.00 bits per heavy atom. The average Bonchev–Trinajstić information content (AvgIpc) is 2.03. The fourth-order valence-corrected chi connectivity index (χ4v) is 1.33. The Morgan fingerprint density at radius 3 is 2.50 bits per heavy atom. The van der Waals surface area contributed by atoms with E-state index < -0.39 is 0 Å². The number of nitrogens with one attached hydrogen (secondary N) is 1. The Labute approximate surface area is 73.8 Å². The van der Waals surface area contributed by atoms with Gasteiger partial charge in [0.25, 0.3) is 0 Å². The maximum atomic E-state index is 5.83. The predicted octanol–water partition coefficient (Wildman–Crippen LogP) is 1.48. The molecule has 3 N–H and O–H groups in total. The fraction of sp³-hybridized carbons (Fsp3) is 0.400. The SMILES string of the molecule is CNC(N)c1ccc(C)cc1C. The Morgan fingerprint density at radius 1 is 1.33 bits per heavy atom. The van der Waals surface area contributed by atoms with Gasteiger partial charge in [0.1, 0.15) is 0 Å². The van der Waals surface area contributed by atoms with Crippen molar-refractivity contribution >= 4 is 0 Å². The summed E-state index contributed by atoms with van der Waals surface area (Å²) >= 11 is 0. The van der Waals surface area contributed by atoms with Gasteiger partial charge in [-0.3, -0.25) is 0 Å². The van der Waals surface area contributed by atoms with Gasteiger partial charge in [0.05, 0.1) is 6.17 Å². The van der Waals surface area contributed by atoms with Gasteiger partial charge in [-0.05, 0) is 32.0 Å². The van der Waals surface area contributed by atoms with Crippen LogP contribution in [0, 0.1) is 13.8 Å². The van der Waals surface area contributed by atoms with Crippen LogP contribution < -0.4 is 11.1 Å². The van der Waals surface area contributed by atoms with Crippen LogP contribution in [0.2, 0.25) is 0 Å². The van der Waals surface area contributed by atoms with E-state index in [1.54, 1.807) is 0 Å². The van der Waals surface area contributed by atoms with Gasteiger partial charge in [-0.15, -0.1) is 0 Å². The highest BCUT2D eigenvalue weighted by atomic mass is 15.0. The van der Waals surface area contributed by atoms with E-state index in [-0.39, 0.29) is 6.17 Å². The van der Waals surface area contributed by atoms with Gasteiger partial charge < -0.3 is 11.1 Å². The lowest BCUT2D eigenvalue weighted by Crippen LogP contribution is -2.25. The maximum Gasteiger partial charge on any atom is 0.0810 e. The Bertz CT molecular complexity index is 269. The summed E-state index contributed by atoms with van der Waals surface area (Å²) in [6.07, 6.45) is -0.0504. The van der Waals surface area contributed by atoms with E-state index in [4.69, 9.17) is 5.73 Å². The highest BCUT2D eigenvalue weighted by Gasteiger charge is 2.04. The molecule has 0 radical (unpaired) electrons. The van der Waals surface area contributed by atoms with Crippen molar-refractivity contribution in [3.05, 3.63) is 34.9 Å². The third-order valence-electron chi connectivity index (χ3n) is 2.07. The highest BCUT2D eigenvalue weighted by molar-refractivity contribution is 5.32. The van der Waals surface area contributed by atoms with Gasteiger partial charge >= 0.3 is 0 Å². The minimum Gasteiger partial charge on any atom is -0.312 e. The molecule has 0 aliphatic rings. The van der Waals surface area contributed by atoms with Gasteiger partial charge in [-0.1, -0.05) is 23.8 Å². The number of hydrogen-bond acceptors (Lipinski definition) is 2. The van der Waals surface area contributed by atoms with E-state index in [9.17, 15) is 0 Å². The van der Waals surface area contributed by atoms with Crippen LogP contribution in [0.5, 0.6) is 0 Å². The van der Waals surface area contributed by atoms with Gasteiger partial charge in [-0.25, -0.2) is 0 Å². The quantitative estimate of drug-likeness (QED) is 0.650. The van der Waals surface area contributed by atoms with Crippen molar-refractivity contribution in [2.24, 2.45) is 5.73 Å². The minimum atomic E-state index is -0.0504. The minimum absolute atomic E-state index is 0.0504. The first-order valence-corrected chi connectivity index (χ1v) is 4.15. The second kappa shape index (κ2) is 3.70. The lowest BCUT2D eigenvalue weighted by atomic mass is 10.0. The average molecular weight is 164 g/mol. The van der Waals surface area contributed by atoms with Crippen LogP contribution in [0.3, 0.4) is 0 Å². The largest absolute Gasteiger partial charge is 0.312 e. The molecule has 1 aromatic carbocycles. The van der Waals surface area contributed by atoms with Crippen LogP contribution in [0.25, 0.3) is 0 Å². The third kappa shape index (κ3) is 1.84. The molecule has 2 nitrogen and oxygen atoms in total. The van der Waals surface area contributed by atoms with Crippen molar-refractivity contribution in [1.29, 1.82) is 0 Å². The number of hydrogen-bond donors (Lipinski definition) is 2. The lowest BCUT2D eigenvalue weighted by molar-refractivity contribution is 0.618. The first-order chi connectivity index (χ1) is 5.65. The predicted molar refractivity (Wildman–Crippen MR) is 51.9 cm³/mol. The number of benzene rings is 1. The number of nitrogens with two attached hydrogens (primary N) is 1. The molecule has 0 spiro atoms. The molecule has 0 fully saturated rings. The summed E-state index contributed by atoms with van der Waals surface area (Å²) in [5.41, 5.74) is 9.53. The van der Waals surface area contributed by atoms with Crippen LogP contribution in [-0.2, 0) is 0 Å². The zero-order valence-corrected chi connectivity index (χ0v) is 7.89. The molecule has 0 saturated heterocycles. The summed E-state index contributed by atoms with van der Waals surface area (Å²) in [6.45, 7) is 4.17. The van der Waals surface area contributed by atoms with E-state index in [1.807, 2.05) is 7.05 Å². The van der Waals surface area contributed by atoms with E-state index in [2.05, 4.69) is 37.4 Å². The van der Waals surface area contributed by atoms with Crippen LogP contribution in [0.4, 0.5) is 0 Å². The van der Waals surface area contributed by atoms with Crippen molar-refractivity contribution in [2.45, 2.75) is 20.0 Å². The molecule has 0 aliphatic carbocycles. The molecule has 0 amide bonds. The van der Waals surface area contributed by atoms with Crippen LogP contribution in [0.1, 0.15) is 22.9 Å². The second-order valence-electron chi connectivity index (χ2n) is 3.13. The molecule has 1 rings (SSSR count). The van der Waals surface area contributed by atoms with Crippen LogP contribution >= 0.6 is 0 Å². The van der Waals surface area contributed by atoms with Gasteiger partial charge in [0.15, 0.2) is 0 Å². The van der Waals surface area contributed by atoms with Crippen molar-refractivity contribution in [3.8, 4) is 0 Å². The summed E-state index contributed by atoms with van der Waals surface area (Å²) in [6, 6.07) is 6.30. The van der Waals surface area contributed by atoms with E-state index in [0.29, 0.717) is 0 Å². The first-order valence-electron chi connectivity index (χ1n) is 4.15. The van der Waals surface area contributed by atoms with E-state index >= 15 is 0 Å². The molecular formula is C10H16N2. The van der Waals surface area contributed by atoms with E-state index in [0.717, 1.165) is 0 Å². The molecule has 12 heavy (non-hydrogen) atoms. The smallest absolute Gasteiger partial charge is 0.0810 e. The highest BCUT2D eigenvalue weighted by Crippen LogP contribution is 2.14. The molecule has 0 bridgehead atoms. The Balaban J connectivity index is 3.01. The normalized spacial score (nSPS) is 13.0. The van der Waals surface area contributed by atoms with Crippen LogP contribution in [-0.4, -0.2) is 7.05 Å². The second-order valence-corrected chi connectivity index (χ2v) is 3.13. The Hall–Kier alpha value is -0.860. The molecule has 1 atom stereocenters. The fourth-order valence-electron chi connectivity index (χ4n) is 1.33. The molecule has 1 unspecified atom stereocenters. The topological polar surface area (TPSA) is 38.0 Å². The molecular weight excluding hydrogens is 148 g/mol. The summed E-state index contributed by atoms with van der Waals surface area (Å²) < 4.78 is 0. The standard InChI is InChI=1S/C10H16N2/c1-7-4-5-9(8(2)6-7)10(11)12-3/h4-6,10,12H,11H2,1-3H3. The zero-order valence-electron chi connectivity index (χ0n) is 7.89. The number of rotatable bonds is 2. The maximum absolute atomic E-state index is 5.83. The molecule has 0 heterocycles. The van der Waals surface area contributed by atoms with E-state index in [1.165, 1.54) is 16.7 Å².